The summed E-state index contributed by atoms with van der Waals surface area (Å²) >= 11 is 1.48. The summed E-state index contributed by atoms with van der Waals surface area (Å²) in [4.78, 5) is 23.4. The second kappa shape index (κ2) is 7.82. The Morgan fingerprint density at radius 3 is 2.39 bits per heavy atom. The Balaban J connectivity index is 1.85. The van der Waals surface area contributed by atoms with Crippen molar-refractivity contribution < 1.29 is 0 Å². The van der Waals surface area contributed by atoms with E-state index in [4.69, 9.17) is 4.98 Å². The number of hydrogen-bond acceptors (Lipinski definition) is 4. The van der Waals surface area contributed by atoms with Crippen molar-refractivity contribution in [3.05, 3.63) is 100.0 Å². The molecule has 0 fully saturated rings. The Labute approximate surface area is 167 Å². The molecule has 0 amide bonds. The first-order valence-corrected chi connectivity index (χ1v) is 9.78. The van der Waals surface area contributed by atoms with Crippen molar-refractivity contribution in [3.8, 4) is 0 Å². The van der Waals surface area contributed by atoms with E-state index in [9.17, 15) is 4.79 Å². The lowest BCUT2D eigenvalue weighted by Crippen LogP contribution is -2.21. The lowest BCUT2D eigenvalue weighted by molar-refractivity contribution is 0.969. The van der Waals surface area contributed by atoms with Crippen LogP contribution in [0, 0.1) is 13.8 Å². The van der Waals surface area contributed by atoms with Gasteiger partial charge in [0.1, 0.15) is 10.7 Å². The van der Waals surface area contributed by atoms with Crippen molar-refractivity contribution in [1.82, 2.24) is 9.38 Å². The molecule has 0 radical (unpaired) electrons. The largest absolute Gasteiger partial charge is 0.268 e. The summed E-state index contributed by atoms with van der Waals surface area (Å²) in [6.07, 6.45) is 3.43. The van der Waals surface area contributed by atoms with Crippen molar-refractivity contribution in [2.45, 2.75) is 23.8 Å². The molecule has 0 unspecified atom stereocenters. The summed E-state index contributed by atoms with van der Waals surface area (Å²) in [5, 5.41) is 0.650. The third kappa shape index (κ3) is 3.89. The number of pyridine rings is 1. The van der Waals surface area contributed by atoms with E-state index in [1.807, 2.05) is 67.7 Å². The van der Waals surface area contributed by atoms with Crippen molar-refractivity contribution in [2.24, 2.45) is 4.99 Å². The van der Waals surface area contributed by atoms with Crippen LogP contribution in [0.2, 0.25) is 0 Å². The van der Waals surface area contributed by atoms with E-state index >= 15 is 0 Å². The Kier molecular flexibility index (Phi) is 5.08. The van der Waals surface area contributed by atoms with Crippen LogP contribution in [0.15, 0.2) is 92.6 Å². The molecular weight excluding hydrogens is 366 g/mol. The molecule has 2 aromatic heterocycles. The minimum Gasteiger partial charge on any atom is -0.268 e. The van der Waals surface area contributed by atoms with Gasteiger partial charge in [0.05, 0.1) is 11.3 Å². The third-order valence-electron chi connectivity index (χ3n) is 4.30. The second-order valence-corrected chi connectivity index (χ2v) is 7.64. The van der Waals surface area contributed by atoms with Gasteiger partial charge in [0, 0.05) is 17.3 Å². The summed E-state index contributed by atoms with van der Waals surface area (Å²) in [6, 6.07) is 21.6. The topological polar surface area (TPSA) is 46.7 Å². The Morgan fingerprint density at radius 1 is 0.929 bits per heavy atom. The minimum absolute atomic E-state index is 0.122. The number of nitrogens with zero attached hydrogens (tertiary/aromatic N) is 3. The Morgan fingerprint density at radius 2 is 1.64 bits per heavy atom. The van der Waals surface area contributed by atoms with Crippen LogP contribution < -0.4 is 5.56 Å². The molecule has 4 nitrogen and oxygen atoms in total. The van der Waals surface area contributed by atoms with Crippen LogP contribution in [0.1, 0.15) is 16.7 Å². The van der Waals surface area contributed by atoms with E-state index in [1.165, 1.54) is 17.3 Å². The Bertz CT molecular complexity index is 1210. The van der Waals surface area contributed by atoms with Crippen molar-refractivity contribution in [1.29, 1.82) is 0 Å². The third-order valence-corrected chi connectivity index (χ3v) is 5.32. The molecule has 2 heterocycles. The van der Waals surface area contributed by atoms with Gasteiger partial charge in [-0.1, -0.05) is 53.7 Å². The van der Waals surface area contributed by atoms with Crippen molar-refractivity contribution in [3.63, 3.8) is 0 Å². The molecule has 0 atom stereocenters. The fourth-order valence-electron chi connectivity index (χ4n) is 2.80. The lowest BCUT2D eigenvalue weighted by Gasteiger charge is -2.09. The molecule has 0 bridgehead atoms. The van der Waals surface area contributed by atoms with Crippen LogP contribution in [-0.2, 0) is 0 Å². The molecule has 4 rings (SSSR count). The van der Waals surface area contributed by atoms with Gasteiger partial charge >= 0.3 is 0 Å². The summed E-state index contributed by atoms with van der Waals surface area (Å²) < 4.78 is 1.58. The predicted molar refractivity (Wildman–Crippen MR) is 115 cm³/mol. The van der Waals surface area contributed by atoms with Gasteiger partial charge in [0.2, 0.25) is 0 Å². The Hall–Kier alpha value is -3.18. The predicted octanol–water partition coefficient (Wildman–Crippen LogP) is 5.21. The van der Waals surface area contributed by atoms with E-state index in [2.05, 4.69) is 24.0 Å². The van der Waals surface area contributed by atoms with Gasteiger partial charge in [-0.15, -0.1) is 0 Å². The number of fused-ring (bicyclic) bond motifs is 1. The molecule has 0 aliphatic heterocycles. The molecule has 138 valence electrons. The maximum Gasteiger partial charge on any atom is 0.267 e. The average molecular weight is 385 g/mol. The standard InChI is InChI=1S/C23H19N3OS/c1-16-8-11-19(12-9-16)28-22-20(14-24-18-6-4-3-5-7-18)23(27)26-15-17(2)10-13-21(26)25-22/h3-15H,1-2H3. The van der Waals surface area contributed by atoms with Gasteiger partial charge in [0.25, 0.3) is 5.56 Å². The average Bonchev–Trinajstić information content (AvgIpc) is 2.71. The number of rotatable bonds is 4. The second-order valence-electron chi connectivity index (χ2n) is 6.58. The first-order valence-electron chi connectivity index (χ1n) is 8.97. The van der Waals surface area contributed by atoms with Crippen LogP contribution in [0.5, 0.6) is 0 Å². The normalized spacial score (nSPS) is 11.4. The lowest BCUT2D eigenvalue weighted by atomic mass is 10.2. The fraction of sp³-hybridized carbons (Fsp3) is 0.0870. The first-order chi connectivity index (χ1) is 13.6. The number of aryl methyl sites for hydroxylation is 2. The van der Waals surface area contributed by atoms with Gasteiger partial charge in [-0.2, -0.15) is 0 Å². The molecule has 0 aliphatic rings. The van der Waals surface area contributed by atoms with E-state index in [0.29, 0.717) is 16.2 Å². The number of aromatic nitrogens is 2. The smallest absolute Gasteiger partial charge is 0.267 e. The number of aliphatic imine (C=N–C) groups is 1. The molecule has 4 aromatic rings. The number of para-hydroxylation sites is 1. The summed E-state index contributed by atoms with van der Waals surface area (Å²) in [7, 11) is 0. The van der Waals surface area contributed by atoms with E-state index in [0.717, 1.165) is 16.1 Å². The molecule has 0 N–H and O–H groups in total. The molecular formula is C23H19N3OS. The highest BCUT2D eigenvalue weighted by Crippen LogP contribution is 2.28. The van der Waals surface area contributed by atoms with Crippen LogP contribution in [0.4, 0.5) is 5.69 Å². The van der Waals surface area contributed by atoms with Gasteiger partial charge in [-0.05, 0) is 49.7 Å². The summed E-state index contributed by atoms with van der Waals surface area (Å²) in [6.45, 7) is 4.01. The van der Waals surface area contributed by atoms with Gasteiger partial charge in [-0.25, -0.2) is 4.98 Å². The monoisotopic (exact) mass is 385 g/mol. The first kappa shape index (κ1) is 18.2. The van der Waals surface area contributed by atoms with E-state index in [1.54, 1.807) is 10.6 Å². The molecule has 2 aromatic carbocycles. The van der Waals surface area contributed by atoms with Crippen LogP contribution in [0.25, 0.3) is 5.65 Å². The van der Waals surface area contributed by atoms with E-state index in [-0.39, 0.29) is 5.56 Å². The number of hydrogen-bond donors (Lipinski definition) is 0. The maximum absolute atomic E-state index is 13.2. The highest BCUT2D eigenvalue weighted by atomic mass is 32.2. The maximum atomic E-state index is 13.2. The van der Waals surface area contributed by atoms with Gasteiger partial charge in [0.15, 0.2) is 0 Å². The molecule has 5 heteroatoms. The zero-order chi connectivity index (χ0) is 19.5. The van der Waals surface area contributed by atoms with Crippen molar-refractivity contribution in [2.75, 3.05) is 0 Å². The molecule has 0 saturated heterocycles. The summed E-state index contributed by atoms with van der Waals surface area (Å²) in [5.74, 6) is 0. The van der Waals surface area contributed by atoms with Crippen LogP contribution >= 0.6 is 11.8 Å². The van der Waals surface area contributed by atoms with Crippen molar-refractivity contribution >= 4 is 29.3 Å². The molecule has 0 saturated carbocycles. The number of benzene rings is 2. The summed E-state index contributed by atoms with van der Waals surface area (Å²) in [5.41, 5.74) is 3.98. The van der Waals surface area contributed by atoms with E-state index < -0.39 is 0 Å². The fourth-order valence-corrected chi connectivity index (χ4v) is 3.68. The zero-order valence-electron chi connectivity index (χ0n) is 15.7. The quantitative estimate of drug-likeness (QED) is 0.358. The van der Waals surface area contributed by atoms with Crippen LogP contribution in [-0.4, -0.2) is 15.6 Å². The highest BCUT2D eigenvalue weighted by Gasteiger charge is 2.13. The molecule has 0 spiro atoms. The molecule has 0 aliphatic carbocycles. The van der Waals surface area contributed by atoms with Gasteiger partial charge < -0.3 is 0 Å². The SMILES string of the molecule is Cc1ccc(Sc2nc3ccc(C)cn3c(=O)c2C=Nc2ccccc2)cc1. The minimum atomic E-state index is -0.122. The van der Waals surface area contributed by atoms with Gasteiger partial charge in [-0.3, -0.25) is 14.2 Å². The zero-order valence-corrected chi connectivity index (χ0v) is 16.5. The van der Waals surface area contributed by atoms with Crippen LogP contribution in [0.3, 0.4) is 0 Å². The molecule has 28 heavy (non-hydrogen) atoms. The highest BCUT2D eigenvalue weighted by molar-refractivity contribution is 7.99.